The van der Waals surface area contributed by atoms with Crippen LogP contribution in [0.3, 0.4) is 0 Å². The van der Waals surface area contributed by atoms with Crippen LogP contribution in [0.5, 0.6) is 0 Å². The van der Waals surface area contributed by atoms with E-state index in [0.29, 0.717) is 24.9 Å². The number of carbonyl (C=O) groups excluding carboxylic acids is 1. The second-order valence-corrected chi connectivity index (χ2v) is 5.68. The molecule has 2 aromatic rings. The Labute approximate surface area is 159 Å². The van der Waals surface area contributed by atoms with Crippen molar-refractivity contribution in [1.29, 1.82) is 0 Å². The SMILES string of the molecule is CCNc1nc(C)cc(NCCNC(=O)c2cc([N+](=O)[O-])cc([N+](=O)[O-])c2)n1. The highest BCUT2D eigenvalue weighted by Gasteiger charge is 2.19. The number of aryl methyl sites for hydroxylation is 1. The summed E-state index contributed by atoms with van der Waals surface area (Å²) in [7, 11) is 0. The molecule has 12 nitrogen and oxygen atoms in total. The van der Waals surface area contributed by atoms with Crippen LogP contribution in [0, 0.1) is 27.2 Å². The second kappa shape index (κ2) is 9.21. The molecule has 148 valence electrons. The molecule has 0 unspecified atom stereocenters. The highest BCUT2D eigenvalue weighted by molar-refractivity contribution is 5.95. The van der Waals surface area contributed by atoms with Gasteiger partial charge in [-0.15, -0.1) is 0 Å². The van der Waals surface area contributed by atoms with Crippen LogP contribution in [0.15, 0.2) is 24.3 Å². The van der Waals surface area contributed by atoms with Gasteiger partial charge in [0.05, 0.1) is 21.5 Å². The van der Waals surface area contributed by atoms with Gasteiger partial charge in [-0.25, -0.2) is 4.98 Å². The molecule has 0 radical (unpaired) electrons. The molecule has 0 bridgehead atoms. The Kier molecular flexibility index (Phi) is 6.73. The molecule has 1 aromatic heterocycles. The van der Waals surface area contributed by atoms with Gasteiger partial charge >= 0.3 is 0 Å². The number of hydrogen-bond acceptors (Lipinski definition) is 9. The molecule has 12 heteroatoms. The van der Waals surface area contributed by atoms with Gasteiger partial charge in [0.1, 0.15) is 5.82 Å². The summed E-state index contributed by atoms with van der Waals surface area (Å²) in [4.78, 5) is 40.9. The van der Waals surface area contributed by atoms with Gasteiger partial charge < -0.3 is 16.0 Å². The summed E-state index contributed by atoms with van der Waals surface area (Å²) >= 11 is 0. The highest BCUT2D eigenvalue weighted by atomic mass is 16.6. The molecule has 0 spiro atoms. The minimum absolute atomic E-state index is 0.159. The molecule has 0 saturated carbocycles. The normalized spacial score (nSPS) is 10.2. The summed E-state index contributed by atoms with van der Waals surface area (Å²) in [6.07, 6.45) is 0. The van der Waals surface area contributed by atoms with E-state index in [1.54, 1.807) is 6.07 Å². The summed E-state index contributed by atoms with van der Waals surface area (Å²) in [6.45, 7) is 4.92. The van der Waals surface area contributed by atoms with E-state index in [2.05, 4.69) is 25.9 Å². The van der Waals surface area contributed by atoms with Gasteiger partial charge in [0.2, 0.25) is 5.95 Å². The van der Waals surface area contributed by atoms with Crippen molar-refractivity contribution in [3.63, 3.8) is 0 Å². The summed E-state index contributed by atoms with van der Waals surface area (Å²) in [6, 6.07) is 4.53. The Hall–Kier alpha value is -3.83. The van der Waals surface area contributed by atoms with Gasteiger partial charge in [-0.05, 0) is 13.8 Å². The zero-order valence-electron chi connectivity index (χ0n) is 15.3. The fraction of sp³-hybridized carbons (Fsp3) is 0.312. The average molecular weight is 389 g/mol. The lowest BCUT2D eigenvalue weighted by Gasteiger charge is -2.10. The van der Waals surface area contributed by atoms with Gasteiger partial charge in [0, 0.05) is 43.5 Å². The topological polar surface area (TPSA) is 165 Å². The minimum Gasteiger partial charge on any atom is -0.368 e. The zero-order valence-corrected chi connectivity index (χ0v) is 15.3. The molecule has 1 heterocycles. The fourth-order valence-electron chi connectivity index (χ4n) is 2.30. The monoisotopic (exact) mass is 389 g/mol. The number of hydrogen-bond donors (Lipinski definition) is 3. The number of anilines is 2. The van der Waals surface area contributed by atoms with Crippen LogP contribution in [0.2, 0.25) is 0 Å². The van der Waals surface area contributed by atoms with E-state index in [1.807, 2.05) is 13.8 Å². The summed E-state index contributed by atoms with van der Waals surface area (Å²) < 4.78 is 0. The lowest BCUT2D eigenvalue weighted by molar-refractivity contribution is -0.394. The largest absolute Gasteiger partial charge is 0.368 e. The Balaban J connectivity index is 1.97. The molecule has 3 N–H and O–H groups in total. The third-order valence-corrected chi connectivity index (χ3v) is 3.49. The first-order valence-electron chi connectivity index (χ1n) is 8.35. The van der Waals surface area contributed by atoms with Crippen LogP contribution < -0.4 is 16.0 Å². The zero-order chi connectivity index (χ0) is 20.7. The Morgan fingerprint density at radius 3 is 2.21 bits per heavy atom. The van der Waals surface area contributed by atoms with Crippen molar-refractivity contribution in [3.05, 3.63) is 55.8 Å². The van der Waals surface area contributed by atoms with Crippen molar-refractivity contribution < 1.29 is 14.6 Å². The maximum absolute atomic E-state index is 12.2. The van der Waals surface area contributed by atoms with E-state index >= 15 is 0 Å². The van der Waals surface area contributed by atoms with Crippen LogP contribution in [0.1, 0.15) is 23.0 Å². The van der Waals surface area contributed by atoms with Crippen LogP contribution >= 0.6 is 0 Å². The first-order chi connectivity index (χ1) is 13.3. The third kappa shape index (κ3) is 5.59. The molecular weight excluding hydrogens is 370 g/mol. The number of nitrogens with zero attached hydrogens (tertiary/aromatic N) is 4. The van der Waals surface area contributed by atoms with Gasteiger partial charge in [-0.3, -0.25) is 25.0 Å². The summed E-state index contributed by atoms with van der Waals surface area (Å²) in [5.74, 6) is 0.405. The molecule has 28 heavy (non-hydrogen) atoms. The number of nitro benzene ring substituents is 2. The number of benzene rings is 1. The number of rotatable bonds is 9. The molecule has 0 fully saturated rings. The maximum Gasteiger partial charge on any atom is 0.277 e. The Morgan fingerprint density at radius 1 is 1.00 bits per heavy atom. The number of carbonyl (C=O) groups is 1. The molecule has 1 amide bonds. The summed E-state index contributed by atoms with van der Waals surface area (Å²) in [5.41, 5.74) is -0.440. The number of amides is 1. The van der Waals surface area contributed by atoms with E-state index in [4.69, 9.17) is 0 Å². The van der Waals surface area contributed by atoms with Crippen LogP contribution in [0.4, 0.5) is 23.1 Å². The van der Waals surface area contributed by atoms with Crippen LogP contribution in [-0.2, 0) is 0 Å². The molecule has 0 aliphatic carbocycles. The smallest absolute Gasteiger partial charge is 0.277 e. The van der Waals surface area contributed by atoms with Gasteiger partial charge in [-0.2, -0.15) is 4.98 Å². The van der Waals surface area contributed by atoms with Crippen molar-refractivity contribution in [2.24, 2.45) is 0 Å². The second-order valence-electron chi connectivity index (χ2n) is 5.68. The van der Waals surface area contributed by atoms with Crippen molar-refractivity contribution >= 4 is 29.0 Å². The Bertz CT molecular complexity index is 871. The van der Waals surface area contributed by atoms with E-state index < -0.39 is 27.1 Å². The van der Waals surface area contributed by atoms with Crippen molar-refractivity contribution in [2.75, 3.05) is 30.3 Å². The van der Waals surface area contributed by atoms with Crippen molar-refractivity contribution in [3.8, 4) is 0 Å². The van der Waals surface area contributed by atoms with E-state index in [1.165, 1.54) is 0 Å². The molecule has 0 atom stereocenters. The van der Waals surface area contributed by atoms with Crippen molar-refractivity contribution in [1.82, 2.24) is 15.3 Å². The van der Waals surface area contributed by atoms with Gasteiger partial charge in [0.25, 0.3) is 17.3 Å². The lowest BCUT2D eigenvalue weighted by atomic mass is 10.1. The molecule has 2 rings (SSSR count). The highest BCUT2D eigenvalue weighted by Crippen LogP contribution is 2.22. The first kappa shape index (κ1) is 20.5. The van der Waals surface area contributed by atoms with Crippen LogP contribution in [0.25, 0.3) is 0 Å². The Morgan fingerprint density at radius 2 is 1.64 bits per heavy atom. The number of nitro groups is 2. The van der Waals surface area contributed by atoms with Crippen LogP contribution in [-0.4, -0.2) is 45.4 Å². The van der Waals surface area contributed by atoms with E-state index in [9.17, 15) is 25.0 Å². The first-order valence-corrected chi connectivity index (χ1v) is 8.35. The predicted molar refractivity (Wildman–Crippen MR) is 102 cm³/mol. The molecule has 0 aliphatic rings. The molecular formula is C16H19N7O5. The van der Waals surface area contributed by atoms with Gasteiger partial charge in [0.15, 0.2) is 0 Å². The van der Waals surface area contributed by atoms with Crippen molar-refractivity contribution in [2.45, 2.75) is 13.8 Å². The molecule has 0 saturated heterocycles. The lowest BCUT2D eigenvalue weighted by Crippen LogP contribution is -2.29. The van der Waals surface area contributed by atoms with E-state index in [0.717, 1.165) is 23.9 Å². The van der Waals surface area contributed by atoms with E-state index in [-0.39, 0.29) is 12.1 Å². The number of non-ortho nitro benzene ring substituents is 2. The number of aromatic nitrogens is 2. The summed E-state index contributed by atoms with van der Waals surface area (Å²) in [5, 5.41) is 30.4. The molecule has 0 aliphatic heterocycles. The predicted octanol–water partition coefficient (Wildman–Crippen LogP) is 1.88. The number of nitrogens with one attached hydrogen (secondary N) is 3. The third-order valence-electron chi connectivity index (χ3n) is 3.49. The standard InChI is InChI=1S/C16H19N7O5/c1-3-17-16-20-10(2)6-14(21-16)18-4-5-19-15(24)11-7-12(22(25)26)9-13(8-11)23(27)28/h6-9H,3-5H2,1-2H3,(H,19,24)(H2,17,18,20,21). The molecule has 1 aromatic carbocycles. The maximum atomic E-state index is 12.2. The van der Waals surface area contributed by atoms with Gasteiger partial charge in [-0.1, -0.05) is 0 Å². The quantitative estimate of drug-likeness (QED) is 0.330. The fourth-order valence-corrected chi connectivity index (χ4v) is 2.30. The minimum atomic E-state index is -0.787. The average Bonchev–Trinajstić information content (AvgIpc) is 2.64.